The Balaban J connectivity index is 1.66. The number of carbonyl (C=O) groups is 1. The summed E-state index contributed by atoms with van der Waals surface area (Å²) in [6, 6.07) is 13.7. The van der Waals surface area contributed by atoms with Crippen LogP contribution in [0.4, 0.5) is 5.69 Å². The number of amides is 1. The van der Waals surface area contributed by atoms with Crippen molar-refractivity contribution in [1.29, 1.82) is 0 Å². The molecular weight excluding hydrogens is 310 g/mol. The number of hydrogen-bond donors (Lipinski definition) is 1. The average Bonchev–Trinajstić information content (AvgIpc) is 3.02. The highest BCUT2D eigenvalue weighted by atomic mass is 32.2. The van der Waals surface area contributed by atoms with Gasteiger partial charge in [0.1, 0.15) is 0 Å². The Bertz CT molecular complexity index is 700. The zero-order chi connectivity index (χ0) is 16.2. The van der Waals surface area contributed by atoms with E-state index in [0.29, 0.717) is 11.5 Å². The van der Waals surface area contributed by atoms with Gasteiger partial charge in [0.15, 0.2) is 11.5 Å². The van der Waals surface area contributed by atoms with Gasteiger partial charge in [0, 0.05) is 16.6 Å². The molecule has 0 aliphatic carbocycles. The molecule has 1 heterocycles. The van der Waals surface area contributed by atoms with Gasteiger partial charge in [0.2, 0.25) is 12.7 Å². The Morgan fingerprint density at radius 1 is 1.17 bits per heavy atom. The second-order valence-corrected chi connectivity index (χ2v) is 6.66. The third-order valence-electron chi connectivity index (χ3n) is 3.60. The molecule has 1 atom stereocenters. The van der Waals surface area contributed by atoms with E-state index in [0.717, 1.165) is 17.0 Å². The van der Waals surface area contributed by atoms with Gasteiger partial charge in [-0.2, -0.15) is 0 Å². The van der Waals surface area contributed by atoms with Gasteiger partial charge in [-0.1, -0.05) is 24.6 Å². The molecule has 2 aromatic carbocycles. The molecule has 1 N–H and O–H groups in total. The lowest BCUT2D eigenvalue weighted by Crippen LogP contribution is -2.24. The lowest BCUT2D eigenvalue weighted by Gasteiger charge is -2.15. The van der Waals surface area contributed by atoms with E-state index in [4.69, 9.17) is 9.47 Å². The van der Waals surface area contributed by atoms with E-state index in [1.165, 1.54) is 5.56 Å². The minimum atomic E-state index is -0.136. The molecule has 1 unspecified atom stereocenters. The maximum Gasteiger partial charge on any atom is 0.237 e. The highest BCUT2D eigenvalue weighted by molar-refractivity contribution is 8.00. The van der Waals surface area contributed by atoms with E-state index in [2.05, 4.69) is 36.5 Å². The van der Waals surface area contributed by atoms with Gasteiger partial charge in [-0.3, -0.25) is 4.79 Å². The molecule has 5 heteroatoms. The molecule has 0 saturated heterocycles. The van der Waals surface area contributed by atoms with Crippen LogP contribution in [0.25, 0.3) is 0 Å². The van der Waals surface area contributed by atoms with Crippen LogP contribution >= 0.6 is 11.8 Å². The Morgan fingerprint density at radius 3 is 2.65 bits per heavy atom. The summed E-state index contributed by atoms with van der Waals surface area (Å²) in [7, 11) is 0. The van der Waals surface area contributed by atoms with Gasteiger partial charge >= 0.3 is 0 Å². The summed E-state index contributed by atoms with van der Waals surface area (Å²) in [6.45, 7) is 4.30. The smallest absolute Gasteiger partial charge is 0.237 e. The van der Waals surface area contributed by atoms with Crippen LogP contribution in [0, 0.1) is 6.92 Å². The first kappa shape index (κ1) is 15.7. The van der Waals surface area contributed by atoms with Crippen molar-refractivity contribution in [2.45, 2.75) is 30.4 Å². The van der Waals surface area contributed by atoms with Crippen LogP contribution in [-0.4, -0.2) is 18.0 Å². The van der Waals surface area contributed by atoms with Crippen LogP contribution in [0.2, 0.25) is 0 Å². The highest BCUT2D eigenvalue weighted by Gasteiger charge is 2.19. The van der Waals surface area contributed by atoms with E-state index >= 15 is 0 Å². The molecule has 4 nitrogen and oxygen atoms in total. The molecular formula is C18H19NO3S. The lowest BCUT2D eigenvalue weighted by molar-refractivity contribution is -0.115. The molecule has 0 fully saturated rings. The zero-order valence-corrected chi connectivity index (χ0v) is 14.0. The van der Waals surface area contributed by atoms with Crippen molar-refractivity contribution in [3.63, 3.8) is 0 Å². The van der Waals surface area contributed by atoms with Crippen molar-refractivity contribution in [2.75, 3.05) is 12.1 Å². The molecule has 1 amide bonds. The molecule has 3 rings (SSSR count). The fourth-order valence-electron chi connectivity index (χ4n) is 2.30. The number of anilines is 1. The number of carbonyl (C=O) groups excluding carboxylic acids is 1. The Morgan fingerprint density at radius 2 is 1.91 bits per heavy atom. The second kappa shape index (κ2) is 6.96. The van der Waals surface area contributed by atoms with E-state index in [1.54, 1.807) is 17.8 Å². The SMILES string of the molecule is CCC(Sc1ccc(C)cc1)C(=O)Nc1ccc2c(c1)OCO2. The van der Waals surface area contributed by atoms with Crippen molar-refractivity contribution in [2.24, 2.45) is 0 Å². The molecule has 0 spiro atoms. The quantitative estimate of drug-likeness (QED) is 0.834. The number of ether oxygens (including phenoxy) is 2. The predicted molar refractivity (Wildman–Crippen MR) is 92.3 cm³/mol. The largest absolute Gasteiger partial charge is 0.454 e. The first-order valence-electron chi connectivity index (χ1n) is 7.59. The second-order valence-electron chi connectivity index (χ2n) is 5.39. The highest BCUT2D eigenvalue weighted by Crippen LogP contribution is 2.34. The van der Waals surface area contributed by atoms with Gasteiger partial charge < -0.3 is 14.8 Å². The van der Waals surface area contributed by atoms with Crippen molar-refractivity contribution < 1.29 is 14.3 Å². The van der Waals surface area contributed by atoms with E-state index in [1.807, 2.05) is 19.1 Å². The summed E-state index contributed by atoms with van der Waals surface area (Å²) < 4.78 is 10.6. The molecule has 0 saturated carbocycles. The van der Waals surface area contributed by atoms with Crippen LogP contribution in [-0.2, 0) is 4.79 Å². The molecule has 0 aromatic heterocycles. The number of aryl methyl sites for hydroxylation is 1. The van der Waals surface area contributed by atoms with E-state index in [-0.39, 0.29) is 18.0 Å². The van der Waals surface area contributed by atoms with E-state index in [9.17, 15) is 4.79 Å². The fraction of sp³-hybridized carbons (Fsp3) is 0.278. The topological polar surface area (TPSA) is 47.6 Å². The van der Waals surface area contributed by atoms with Gasteiger partial charge in [-0.05, 0) is 37.6 Å². The normalized spacial score (nSPS) is 13.7. The van der Waals surface area contributed by atoms with Gasteiger partial charge in [0.05, 0.1) is 5.25 Å². The Kier molecular flexibility index (Phi) is 4.76. The minimum absolute atomic E-state index is 0.00283. The summed E-state index contributed by atoms with van der Waals surface area (Å²) in [4.78, 5) is 13.6. The molecule has 23 heavy (non-hydrogen) atoms. The molecule has 120 valence electrons. The summed E-state index contributed by atoms with van der Waals surface area (Å²) >= 11 is 1.58. The first-order chi connectivity index (χ1) is 11.2. The number of hydrogen-bond acceptors (Lipinski definition) is 4. The molecule has 0 bridgehead atoms. The average molecular weight is 329 g/mol. The maximum atomic E-state index is 12.5. The Labute approximate surface area is 140 Å². The monoisotopic (exact) mass is 329 g/mol. The van der Waals surface area contributed by atoms with Crippen LogP contribution in [0.5, 0.6) is 11.5 Å². The fourth-order valence-corrected chi connectivity index (χ4v) is 3.25. The number of nitrogens with one attached hydrogen (secondary N) is 1. The molecule has 1 aliphatic rings. The summed E-state index contributed by atoms with van der Waals surface area (Å²) in [5, 5.41) is 2.82. The van der Waals surface area contributed by atoms with Crippen LogP contribution < -0.4 is 14.8 Å². The maximum absolute atomic E-state index is 12.5. The van der Waals surface area contributed by atoms with Crippen molar-refractivity contribution >= 4 is 23.4 Å². The van der Waals surface area contributed by atoms with Gasteiger partial charge in [0.25, 0.3) is 0 Å². The number of fused-ring (bicyclic) bond motifs is 1. The predicted octanol–water partition coefficient (Wildman–Crippen LogP) is 4.23. The van der Waals surface area contributed by atoms with Gasteiger partial charge in [-0.15, -0.1) is 11.8 Å². The molecule has 1 aliphatic heterocycles. The minimum Gasteiger partial charge on any atom is -0.454 e. The Hall–Kier alpha value is -2.14. The summed E-state index contributed by atoms with van der Waals surface area (Å²) in [6.07, 6.45) is 0.759. The van der Waals surface area contributed by atoms with Crippen molar-refractivity contribution in [1.82, 2.24) is 0 Å². The zero-order valence-electron chi connectivity index (χ0n) is 13.2. The first-order valence-corrected chi connectivity index (χ1v) is 8.47. The van der Waals surface area contributed by atoms with E-state index < -0.39 is 0 Å². The van der Waals surface area contributed by atoms with Gasteiger partial charge in [-0.25, -0.2) is 0 Å². The standard InChI is InChI=1S/C18H19NO3S/c1-3-17(23-14-7-4-12(2)5-8-14)18(20)19-13-6-9-15-16(10-13)22-11-21-15/h4-10,17H,3,11H2,1-2H3,(H,19,20). The number of rotatable bonds is 5. The van der Waals surface area contributed by atoms with Crippen molar-refractivity contribution in [3.8, 4) is 11.5 Å². The number of thioether (sulfide) groups is 1. The third kappa shape index (κ3) is 3.79. The van der Waals surface area contributed by atoms with Crippen LogP contribution in [0.1, 0.15) is 18.9 Å². The van der Waals surface area contributed by atoms with Crippen LogP contribution in [0.3, 0.4) is 0 Å². The third-order valence-corrected chi connectivity index (χ3v) is 4.98. The lowest BCUT2D eigenvalue weighted by atomic mass is 10.2. The summed E-state index contributed by atoms with van der Waals surface area (Å²) in [5.74, 6) is 1.38. The molecule has 0 radical (unpaired) electrons. The number of benzene rings is 2. The molecule has 2 aromatic rings. The van der Waals surface area contributed by atoms with Crippen LogP contribution in [0.15, 0.2) is 47.4 Å². The van der Waals surface area contributed by atoms with Crippen molar-refractivity contribution in [3.05, 3.63) is 48.0 Å². The summed E-state index contributed by atoms with van der Waals surface area (Å²) in [5.41, 5.74) is 1.94.